The number of carbonyl (C=O) groups is 1. The van der Waals surface area contributed by atoms with Crippen molar-refractivity contribution in [3.63, 3.8) is 0 Å². The Balaban J connectivity index is 2.53. The van der Waals surface area contributed by atoms with Gasteiger partial charge in [0.05, 0.1) is 0 Å². The van der Waals surface area contributed by atoms with Gasteiger partial charge in [0.1, 0.15) is 6.29 Å². The van der Waals surface area contributed by atoms with Crippen LogP contribution in [0.2, 0.25) is 0 Å². The van der Waals surface area contributed by atoms with Crippen LogP contribution < -0.4 is 4.90 Å². The summed E-state index contributed by atoms with van der Waals surface area (Å²) in [5, 5.41) is 0. The lowest BCUT2D eigenvalue weighted by molar-refractivity contribution is -0.104. The SMILES string of the molecule is C/C(=C/C=O)c1ccc2c(c1)C(C)(C)CCN2C. The van der Waals surface area contributed by atoms with Crippen LogP contribution in [-0.2, 0) is 10.2 Å². The molecule has 0 unspecified atom stereocenters. The highest BCUT2D eigenvalue weighted by molar-refractivity contribution is 5.81. The van der Waals surface area contributed by atoms with Gasteiger partial charge in [-0.05, 0) is 53.7 Å². The largest absolute Gasteiger partial charge is 0.374 e. The van der Waals surface area contributed by atoms with Gasteiger partial charge in [0.15, 0.2) is 0 Å². The van der Waals surface area contributed by atoms with Gasteiger partial charge >= 0.3 is 0 Å². The van der Waals surface area contributed by atoms with Crippen LogP contribution in [-0.4, -0.2) is 19.9 Å². The van der Waals surface area contributed by atoms with Gasteiger partial charge in [-0.1, -0.05) is 19.9 Å². The lowest BCUT2D eigenvalue weighted by Gasteiger charge is -2.38. The molecule has 1 aliphatic heterocycles. The molecule has 96 valence electrons. The summed E-state index contributed by atoms with van der Waals surface area (Å²) in [5.74, 6) is 0. The van der Waals surface area contributed by atoms with E-state index in [9.17, 15) is 4.79 Å². The van der Waals surface area contributed by atoms with Crippen LogP contribution in [0.5, 0.6) is 0 Å². The lowest BCUT2D eigenvalue weighted by Crippen LogP contribution is -2.34. The number of fused-ring (bicyclic) bond motifs is 1. The molecule has 2 heteroatoms. The number of aldehydes is 1. The van der Waals surface area contributed by atoms with Crippen molar-refractivity contribution in [2.75, 3.05) is 18.5 Å². The number of anilines is 1. The second-order valence-corrected chi connectivity index (χ2v) is 5.77. The molecule has 0 saturated carbocycles. The molecule has 0 aromatic heterocycles. The van der Waals surface area contributed by atoms with Crippen LogP contribution in [0.4, 0.5) is 5.69 Å². The molecule has 0 aliphatic carbocycles. The number of hydrogen-bond acceptors (Lipinski definition) is 2. The maximum Gasteiger partial charge on any atom is 0.143 e. The molecule has 0 N–H and O–H groups in total. The van der Waals surface area contributed by atoms with Gasteiger partial charge in [0.2, 0.25) is 0 Å². The number of hydrogen-bond donors (Lipinski definition) is 0. The molecule has 0 fully saturated rings. The van der Waals surface area contributed by atoms with E-state index in [4.69, 9.17) is 0 Å². The van der Waals surface area contributed by atoms with E-state index < -0.39 is 0 Å². The highest BCUT2D eigenvalue weighted by atomic mass is 16.1. The summed E-state index contributed by atoms with van der Waals surface area (Å²) < 4.78 is 0. The molecule has 0 spiro atoms. The summed E-state index contributed by atoms with van der Waals surface area (Å²) in [7, 11) is 2.14. The quantitative estimate of drug-likeness (QED) is 0.586. The van der Waals surface area contributed by atoms with Crippen LogP contribution in [0.15, 0.2) is 24.3 Å². The van der Waals surface area contributed by atoms with Crippen molar-refractivity contribution in [1.29, 1.82) is 0 Å². The fourth-order valence-corrected chi connectivity index (χ4v) is 2.56. The molecule has 1 heterocycles. The van der Waals surface area contributed by atoms with Gasteiger partial charge in [-0.3, -0.25) is 4.79 Å². The minimum absolute atomic E-state index is 0.208. The van der Waals surface area contributed by atoms with E-state index in [1.54, 1.807) is 6.08 Å². The van der Waals surface area contributed by atoms with E-state index in [0.717, 1.165) is 30.4 Å². The maximum absolute atomic E-state index is 10.6. The molecular weight excluding hydrogens is 222 g/mol. The first-order valence-electron chi connectivity index (χ1n) is 6.44. The predicted molar refractivity (Wildman–Crippen MR) is 77.1 cm³/mol. The van der Waals surface area contributed by atoms with Crippen molar-refractivity contribution >= 4 is 17.5 Å². The molecule has 1 aromatic rings. The Morgan fingerprint density at radius 1 is 1.39 bits per heavy atom. The highest BCUT2D eigenvalue weighted by Crippen LogP contribution is 2.40. The topological polar surface area (TPSA) is 20.3 Å². The molecule has 0 amide bonds. The van der Waals surface area contributed by atoms with Gasteiger partial charge in [0.25, 0.3) is 0 Å². The molecule has 1 aromatic carbocycles. The van der Waals surface area contributed by atoms with E-state index in [-0.39, 0.29) is 5.41 Å². The van der Waals surface area contributed by atoms with E-state index in [0.29, 0.717) is 0 Å². The van der Waals surface area contributed by atoms with Crippen LogP contribution in [0.25, 0.3) is 5.57 Å². The average molecular weight is 243 g/mol. The zero-order valence-electron chi connectivity index (χ0n) is 11.7. The predicted octanol–water partition coefficient (Wildman–Crippen LogP) is 3.41. The minimum atomic E-state index is 0.208. The van der Waals surface area contributed by atoms with Crippen molar-refractivity contribution in [3.8, 4) is 0 Å². The first-order valence-corrected chi connectivity index (χ1v) is 6.44. The van der Waals surface area contributed by atoms with Crippen LogP contribution in [0.1, 0.15) is 38.3 Å². The second kappa shape index (κ2) is 4.60. The summed E-state index contributed by atoms with van der Waals surface area (Å²) in [6.07, 6.45) is 3.64. The van der Waals surface area contributed by atoms with Crippen molar-refractivity contribution in [1.82, 2.24) is 0 Å². The second-order valence-electron chi connectivity index (χ2n) is 5.77. The van der Waals surface area contributed by atoms with Crippen molar-refractivity contribution in [3.05, 3.63) is 35.4 Å². The van der Waals surface area contributed by atoms with Gasteiger partial charge < -0.3 is 4.90 Å². The van der Waals surface area contributed by atoms with Gasteiger partial charge in [0, 0.05) is 19.3 Å². The maximum atomic E-state index is 10.6. The Kier molecular flexibility index (Phi) is 3.29. The van der Waals surface area contributed by atoms with Crippen molar-refractivity contribution < 1.29 is 4.79 Å². The monoisotopic (exact) mass is 243 g/mol. The summed E-state index contributed by atoms with van der Waals surface area (Å²) >= 11 is 0. The third-order valence-corrected chi connectivity index (χ3v) is 3.98. The summed E-state index contributed by atoms with van der Waals surface area (Å²) in [5.41, 5.74) is 5.07. The Morgan fingerprint density at radius 2 is 2.11 bits per heavy atom. The number of allylic oxidation sites excluding steroid dienone is 2. The number of carbonyl (C=O) groups excluding carboxylic acids is 1. The fourth-order valence-electron chi connectivity index (χ4n) is 2.56. The molecule has 0 radical (unpaired) electrons. The molecule has 0 atom stereocenters. The molecule has 2 rings (SSSR count). The van der Waals surface area contributed by atoms with Crippen LogP contribution in [0, 0.1) is 0 Å². The zero-order chi connectivity index (χ0) is 13.3. The first-order chi connectivity index (χ1) is 8.45. The van der Waals surface area contributed by atoms with E-state index in [1.807, 2.05) is 6.92 Å². The molecular formula is C16H21NO. The fraction of sp³-hybridized carbons (Fsp3) is 0.438. The first kappa shape index (κ1) is 12.9. The Bertz CT molecular complexity index is 500. The third-order valence-electron chi connectivity index (χ3n) is 3.98. The Morgan fingerprint density at radius 3 is 2.78 bits per heavy atom. The highest BCUT2D eigenvalue weighted by Gasteiger charge is 2.29. The summed E-state index contributed by atoms with van der Waals surface area (Å²) in [4.78, 5) is 12.9. The summed E-state index contributed by atoms with van der Waals surface area (Å²) in [6, 6.07) is 6.51. The van der Waals surface area contributed by atoms with Crippen LogP contribution >= 0.6 is 0 Å². The Hall–Kier alpha value is -1.57. The van der Waals surface area contributed by atoms with Crippen molar-refractivity contribution in [2.24, 2.45) is 0 Å². The third kappa shape index (κ3) is 2.20. The molecule has 2 nitrogen and oxygen atoms in total. The normalized spacial score (nSPS) is 18.4. The zero-order valence-corrected chi connectivity index (χ0v) is 11.7. The van der Waals surface area contributed by atoms with Crippen LogP contribution in [0.3, 0.4) is 0 Å². The van der Waals surface area contributed by atoms with Gasteiger partial charge in [-0.15, -0.1) is 0 Å². The minimum Gasteiger partial charge on any atom is -0.374 e. The number of benzene rings is 1. The van der Waals surface area contributed by atoms with Gasteiger partial charge in [-0.2, -0.15) is 0 Å². The smallest absolute Gasteiger partial charge is 0.143 e. The Labute approximate surface area is 109 Å². The van der Waals surface area contributed by atoms with Gasteiger partial charge in [-0.25, -0.2) is 0 Å². The lowest BCUT2D eigenvalue weighted by atomic mass is 9.77. The summed E-state index contributed by atoms with van der Waals surface area (Å²) in [6.45, 7) is 7.67. The van der Waals surface area contributed by atoms with E-state index in [1.165, 1.54) is 11.3 Å². The van der Waals surface area contributed by atoms with E-state index >= 15 is 0 Å². The van der Waals surface area contributed by atoms with Crippen molar-refractivity contribution in [2.45, 2.75) is 32.6 Å². The molecule has 0 saturated heterocycles. The average Bonchev–Trinajstić information content (AvgIpc) is 2.34. The molecule has 0 bridgehead atoms. The standard InChI is InChI=1S/C16H21NO/c1-12(7-10-18)13-5-6-15-14(11-13)16(2,3)8-9-17(15)4/h5-7,10-11H,8-9H2,1-4H3/b12-7-. The number of nitrogens with zero attached hydrogens (tertiary/aromatic N) is 1. The van der Waals surface area contributed by atoms with E-state index in [2.05, 4.69) is 44.0 Å². The molecule has 1 aliphatic rings. The number of rotatable bonds is 2. The molecule has 18 heavy (non-hydrogen) atoms.